The summed E-state index contributed by atoms with van der Waals surface area (Å²) in [5, 5.41) is 0.318. The zero-order valence-corrected chi connectivity index (χ0v) is 14.1. The number of nitrogens with zero attached hydrogens (tertiary/aromatic N) is 1. The van der Waals surface area contributed by atoms with Crippen molar-refractivity contribution in [1.29, 1.82) is 0 Å². The largest absolute Gasteiger partial charge is 0.366 e. The Morgan fingerprint density at radius 1 is 1.00 bits per heavy atom. The summed E-state index contributed by atoms with van der Waals surface area (Å²) < 4.78 is 1.26. The number of aromatic nitrogens is 2. The normalized spacial score (nSPS) is 12.3. The number of hydrogen-bond acceptors (Lipinski definition) is 3. The van der Waals surface area contributed by atoms with Gasteiger partial charge in [-0.3, -0.25) is 14.4 Å². The van der Waals surface area contributed by atoms with Crippen LogP contribution in [-0.4, -0.2) is 15.5 Å². The Morgan fingerprint density at radius 3 is 2.35 bits per heavy atom. The maximum Gasteiger partial charge on any atom is 0.274 e. The molecule has 0 aliphatic carbocycles. The number of rotatable bonds is 3. The van der Waals surface area contributed by atoms with Crippen LogP contribution < -0.4 is 27.6 Å². The van der Waals surface area contributed by atoms with Crippen molar-refractivity contribution in [3.8, 4) is 0 Å². The third-order valence-electron chi connectivity index (χ3n) is 4.01. The second-order valence-corrected chi connectivity index (χ2v) is 5.77. The highest BCUT2D eigenvalue weighted by atomic mass is 16.1. The van der Waals surface area contributed by atoms with Gasteiger partial charge < -0.3 is 15.3 Å². The minimum atomic E-state index is -0.604. The van der Waals surface area contributed by atoms with Crippen molar-refractivity contribution in [1.82, 2.24) is 9.55 Å². The Bertz CT molecular complexity index is 1210. The van der Waals surface area contributed by atoms with E-state index in [-0.39, 0.29) is 21.8 Å². The molecule has 0 radical (unpaired) electrons. The molecule has 0 bridgehead atoms. The summed E-state index contributed by atoms with van der Waals surface area (Å²) in [5.41, 5.74) is 6.13. The molecule has 3 N–H and O–H groups in total. The molecule has 26 heavy (non-hydrogen) atoms. The van der Waals surface area contributed by atoms with Gasteiger partial charge in [-0.05, 0) is 29.3 Å². The van der Waals surface area contributed by atoms with E-state index in [2.05, 4.69) is 4.98 Å². The van der Waals surface area contributed by atoms with Crippen molar-refractivity contribution < 1.29 is 4.79 Å². The highest BCUT2D eigenvalue weighted by molar-refractivity contribution is 5.96. The molecule has 0 aliphatic rings. The van der Waals surface area contributed by atoms with Gasteiger partial charge in [-0.1, -0.05) is 48.5 Å². The Kier molecular flexibility index (Phi) is 4.66. The molecular formula is C20H17N3O3. The minimum Gasteiger partial charge on any atom is -0.366 e. The molecule has 3 aromatic rings. The van der Waals surface area contributed by atoms with Crippen LogP contribution in [0.3, 0.4) is 0 Å². The molecule has 6 heteroatoms. The molecule has 1 heterocycles. The van der Waals surface area contributed by atoms with Crippen LogP contribution in [-0.2, 0) is 7.05 Å². The Morgan fingerprint density at radius 2 is 1.65 bits per heavy atom. The zero-order chi connectivity index (χ0) is 18.7. The fourth-order valence-corrected chi connectivity index (χ4v) is 2.65. The van der Waals surface area contributed by atoms with E-state index in [1.807, 2.05) is 30.3 Å². The lowest BCUT2D eigenvalue weighted by molar-refractivity contribution is 0.1000. The first kappa shape index (κ1) is 17.2. The molecule has 0 unspecified atom stereocenters. The molecule has 1 amide bonds. The third kappa shape index (κ3) is 3.39. The number of amides is 1. The van der Waals surface area contributed by atoms with Gasteiger partial charge in [0.2, 0.25) is 5.91 Å². The molecule has 0 atom stereocenters. The lowest BCUT2D eigenvalue weighted by Gasteiger charge is -2.03. The lowest BCUT2D eigenvalue weighted by atomic mass is 10.1. The SMILES string of the molecule is Cn1c(=O)c(=Cc2ccccc2)[nH]c(=O)c1=Cc1ccccc1C(N)=O. The second kappa shape index (κ2) is 7.06. The Balaban J connectivity index is 2.26. The van der Waals surface area contributed by atoms with Crippen LogP contribution in [0.25, 0.3) is 12.2 Å². The van der Waals surface area contributed by atoms with Crippen LogP contribution in [0.15, 0.2) is 64.2 Å². The topological polar surface area (TPSA) is 97.9 Å². The monoisotopic (exact) mass is 347 g/mol. The van der Waals surface area contributed by atoms with Crippen LogP contribution in [0.4, 0.5) is 0 Å². The molecular weight excluding hydrogens is 330 g/mol. The first-order valence-corrected chi connectivity index (χ1v) is 7.94. The fourth-order valence-electron chi connectivity index (χ4n) is 2.65. The third-order valence-corrected chi connectivity index (χ3v) is 4.01. The van der Waals surface area contributed by atoms with Gasteiger partial charge in [-0.2, -0.15) is 0 Å². The summed E-state index contributed by atoms with van der Waals surface area (Å²) in [6.45, 7) is 0. The number of benzene rings is 2. The predicted molar refractivity (Wildman–Crippen MR) is 100 cm³/mol. The van der Waals surface area contributed by atoms with Crippen LogP contribution in [0.5, 0.6) is 0 Å². The van der Waals surface area contributed by atoms with Crippen molar-refractivity contribution in [3.63, 3.8) is 0 Å². The van der Waals surface area contributed by atoms with E-state index < -0.39 is 11.5 Å². The number of carbonyl (C=O) groups excluding carboxylic acids is 1. The molecule has 0 fully saturated rings. The van der Waals surface area contributed by atoms with Gasteiger partial charge in [0.15, 0.2) is 0 Å². The van der Waals surface area contributed by atoms with E-state index in [4.69, 9.17) is 5.73 Å². The smallest absolute Gasteiger partial charge is 0.274 e. The van der Waals surface area contributed by atoms with Crippen molar-refractivity contribution in [2.75, 3.05) is 0 Å². The summed E-state index contributed by atoms with van der Waals surface area (Å²) in [6, 6.07) is 15.9. The standard InChI is InChI=1S/C20H17N3O3/c1-23-17(12-14-9-5-6-10-15(14)18(21)24)19(25)22-16(20(23)26)11-13-7-3-2-4-8-13/h2-12H,1H3,(H2,21,24)(H,22,25). The summed E-state index contributed by atoms with van der Waals surface area (Å²) in [7, 11) is 1.51. The van der Waals surface area contributed by atoms with Crippen molar-refractivity contribution in [2.24, 2.45) is 12.8 Å². The zero-order valence-electron chi connectivity index (χ0n) is 14.1. The fraction of sp³-hybridized carbons (Fsp3) is 0.0500. The molecule has 0 spiro atoms. The molecule has 0 aliphatic heterocycles. The van der Waals surface area contributed by atoms with Gasteiger partial charge in [0.1, 0.15) is 10.7 Å². The Labute approximate surface area is 148 Å². The first-order valence-electron chi connectivity index (χ1n) is 7.94. The number of hydrogen-bond donors (Lipinski definition) is 2. The van der Waals surface area contributed by atoms with Gasteiger partial charge >= 0.3 is 0 Å². The van der Waals surface area contributed by atoms with Crippen LogP contribution in [0, 0.1) is 0 Å². The maximum atomic E-state index is 12.6. The molecule has 2 aromatic carbocycles. The average molecular weight is 347 g/mol. The highest BCUT2D eigenvalue weighted by Crippen LogP contribution is 2.08. The van der Waals surface area contributed by atoms with Gasteiger partial charge in [0.05, 0.1) is 0 Å². The highest BCUT2D eigenvalue weighted by Gasteiger charge is 2.07. The predicted octanol–water partition coefficient (Wildman–Crippen LogP) is -0.170. The quantitative estimate of drug-likeness (QED) is 0.688. The molecule has 130 valence electrons. The molecule has 6 nitrogen and oxygen atoms in total. The van der Waals surface area contributed by atoms with E-state index in [0.717, 1.165) is 5.56 Å². The van der Waals surface area contributed by atoms with E-state index >= 15 is 0 Å². The van der Waals surface area contributed by atoms with E-state index in [0.29, 0.717) is 5.56 Å². The Hall–Kier alpha value is -3.67. The summed E-state index contributed by atoms with van der Waals surface area (Å²) in [4.78, 5) is 39.3. The number of nitrogens with one attached hydrogen (secondary N) is 1. The first-order chi connectivity index (χ1) is 12.5. The van der Waals surface area contributed by atoms with Gasteiger partial charge in [0.25, 0.3) is 11.1 Å². The summed E-state index contributed by atoms with van der Waals surface area (Å²) in [6.07, 6.45) is 3.09. The van der Waals surface area contributed by atoms with Crippen molar-refractivity contribution in [2.45, 2.75) is 0 Å². The van der Waals surface area contributed by atoms with E-state index in [9.17, 15) is 14.4 Å². The van der Waals surface area contributed by atoms with Crippen LogP contribution in [0.1, 0.15) is 21.5 Å². The lowest BCUT2D eigenvalue weighted by Crippen LogP contribution is -2.52. The van der Waals surface area contributed by atoms with Crippen LogP contribution >= 0.6 is 0 Å². The summed E-state index contributed by atoms with van der Waals surface area (Å²) in [5.74, 6) is -0.604. The molecule has 1 aromatic heterocycles. The van der Waals surface area contributed by atoms with Crippen LogP contribution in [0.2, 0.25) is 0 Å². The number of nitrogens with two attached hydrogens (primary N) is 1. The average Bonchev–Trinajstić information content (AvgIpc) is 2.64. The van der Waals surface area contributed by atoms with E-state index in [1.165, 1.54) is 17.7 Å². The van der Waals surface area contributed by atoms with Gasteiger partial charge in [0, 0.05) is 12.6 Å². The second-order valence-electron chi connectivity index (χ2n) is 5.77. The minimum absolute atomic E-state index is 0.133. The maximum absolute atomic E-state index is 12.6. The van der Waals surface area contributed by atoms with Crippen molar-refractivity contribution in [3.05, 3.63) is 103 Å². The summed E-state index contributed by atoms with van der Waals surface area (Å²) >= 11 is 0. The molecule has 0 saturated heterocycles. The molecule has 0 saturated carbocycles. The molecule has 3 rings (SSSR count). The van der Waals surface area contributed by atoms with Gasteiger partial charge in [-0.15, -0.1) is 0 Å². The van der Waals surface area contributed by atoms with E-state index in [1.54, 1.807) is 30.3 Å². The number of H-pyrrole nitrogens is 1. The van der Waals surface area contributed by atoms with Crippen molar-refractivity contribution >= 4 is 18.1 Å². The number of primary amides is 1. The van der Waals surface area contributed by atoms with Gasteiger partial charge in [-0.25, -0.2) is 0 Å². The number of aromatic amines is 1. The number of carbonyl (C=O) groups is 1.